The summed E-state index contributed by atoms with van der Waals surface area (Å²) in [6.07, 6.45) is 0. The Morgan fingerprint density at radius 2 is 1.19 bits per heavy atom. The first-order chi connectivity index (χ1) is 15.6. The van der Waals surface area contributed by atoms with Gasteiger partial charge in [0.15, 0.2) is 0 Å². The van der Waals surface area contributed by atoms with E-state index in [4.69, 9.17) is 0 Å². The van der Waals surface area contributed by atoms with Gasteiger partial charge in [-0.15, -0.1) is 0 Å². The van der Waals surface area contributed by atoms with E-state index < -0.39 is 0 Å². The summed E-state index contributed by atoms with van der Waals surface area (Å²) >= 11 is 0. The standard InChI is InChI=1S/C31H29N/c1-5-32(6-2)29-13-9-12-26-30(29)24-10-7-8-11-25(24)31(26)27-18-20(3)14-16-22(27)23-17-15-21(4)19-28(23)31/h7-19H,5-6H2,1-4H3. The predicted molar refractivity (Wildman–Crippen MR) is 136 cm³/mol. The number of nitrogens with zero attached hydrogens (tertiary/aromatic N) is 1. The van der Waals surface area contributed by atoms with E-state index in [1.54, 1.807) is 0 Å². The Bertz CT molecular complexity index is 1320. The predicted octanol–water partition coefficient (Wildman–Crippen LogP) is 7.49. The molecule has 0 unspecified atom stereocenters. The van der Waals surface area contributed by atoms with Crippen molar-refractivity contribution in [3.63, 3.8) is 0 Å². The van der Waals surface area contributed by atoms with Gasteiger partial charge in [-0.05, 0) is 72.7 Å². The topological polar surface area (TPSA) is 3.24 Å². The maximum atomic E-state index is 2.50. The molecule has 0 fully saturated rings. The second-order valence-electron chi connectivity index (χ2n) is 9.27. The van der Waals surface area contributed by atoms with Gasteiger partial charge in [0.25, 0.3) is 0 Å². The lowest BCUT2D eigenvalue weighted by Crippen LogP contribution is -2.27. The quantitative estimate of drug-likeness (QED) is 0.289. The molecule has 4 aromatic rings. The van der Waals surface area contributed by atoms with E-state index in [0.29, 0.717) is 0 Å². The van der Waals surface area contributed by atoms with Crippen molar-refractivity contribution in [2.45, 2.75) is 33.1 Å². The fourth-order valence-corrected chi connectivity index (χ4v) is 6.27. The summed E-state index contributed by atoms with van der Waals surface area (Å²) in [7, 11) is 0. The number of aryl methyl sites for hydroxylation is 2. The van der Waals surface area contributed by atoms with Crippen LogP contribution in [0.25, 0.3) is 22.3 Å². The van der Waals surface area contributed by atoms with Gasteiger partial charge in [0, 0.05) is 24.3 Å². The average Bonchev–Trinajstić information content (AvgIpc) is 3.26. The maximum absolute atomic E-state index is 2.50. The second kappa shape index (κ2) is 6.84. The molecular formula is C31H29N. The molecule has 0 amide bonds. The molecule has 6 rings (SSSR count). The van der Waals surface area contributed by atoms with E-state index in [9.17, 15) is 0 Å². The molecule has 0 aliphatic heterocycles. The number of anilines is 1. The van der Waals surface area contributed by atoms with Gasteiger partial charge in [0.1, 0.15) is 0 Å². The third-order valence-corrected chi connectivity index (χ3v) is 7.60. The van der Waals surface area contributed by atoms with Gasteiger partial charge in [-0.1, -0.05) is 83.9 Å². The maximum Gasteiger partial charge on any atom is 0.0726 e. The van der Waals surface area contributed by atoms with Crippen LogP contribution >= 0.6 is 0 Å². The third kappa shape index (κ3) is 2.29. The van der Waals surface area contributed by atoms with Crippen molar-refractivity contribution in [2.24, 2.45) is 0 Å². The van der Waals surface area contributed by atoms with Gasteiger partial charge >= 0.3 is 0 Å². The number of fused-ring (bicyclic) bond motifs is 10. The molecule has 0 heterocycles. The number of rotatable bonds is 3. The van der Waals surface area contributed by atoms with E-state index in [1.807, 2.05) is 0 Å². The monoisotopic (exact) mass is 415 g/mol. The molecule has 2 aliphatic carbocycles. The highest BCUT2D eigenvalue weighted by molar-refractivity contribution is 5.98. The van der Waals surface area contributed by atoms with Crippen molar-refractivity contribution in [3.8, 4) is 22.3 Å². The first-order valence-electron chi connectivity index (χ1n) is 11.8. The summed E-state index contributed by atoms with van der Waals surface area (Å²) < 4.78 is 0. The van der Waals surface area contributed by atoms with Crippen molar-refractivity contribution in [1.29, 1.82) is 0 Å². The highest BCUT2D eigenvalue weighted by Gasteiger charge is 2.52. The van der Waals surface area contributed by atoms with Crippen LogP contribution in [-0.2, 0) is 5.41 Å². The lowest BCUT2D eigenvalue weighted by atomic mass is 9.70. The minimum absolute atomic E-state index is 0.252. The zero-order chi connectivity index (χ0) is 22.0. The Kier molecular flexibility index (Phi) is 4.14. The molecule has 4 aromatic carbocycles. The Morgan fingerprint density at radius 3 is 1.81 bits per heavy atom. The molecule has 1 nitrogen and oxygen atoms in total. The van der Waals surface area contributed by atoms with Gasteiger partial charge in [0.2, 0.25) is 0 Å². The van der Waals surface area contributed by atoms with E-state index in [0.717, 1.165) is 13.1 Å². The van der Waals surface area contributed by atoms with Crippen LogP contribution in [-0.4, -0.2) is 13.1 Å². The molecular weight excluding hydrogens is 386 g/mol. The van der Waals surface area contributed by atoms with Crippen molar-refractivity contribution in [1.82, 2.24) is 0 Å². The SMILES string of the molecule is CCN(CC)c1cccc2c1-c1ccccc1C21c2cc(C)ccc2-c2ccc(C)cc21. The smallest absolute Gasteiger partial charge is 0.0726 e. The van der Waals surface area contributed by atoms with Gasteiger partial charge in [-0.25, -0.2) is 0 Å². The van der Waals surface area contributed by atoms with Crippen LogP contribution in [0.5, 0.6) is 0 Å². The van der Waals surface area contributed by atoms with E-state index in [1.165, 1.54) is 61.3 Å². The Balaban J connectivity index is 1.82. The molecule has 32 heavy (non-hydrogen) atoms. The van der Waals surface area contributed by atoms with E-state index in [-0.39, 0.29) is 5.41 Å². The van der Waals surface area contributed by atoms with Crippen LogP contribution in [0.1, 0.15) is 47.2 Å². The summed E-state index contributed by atoms with van der Waals surface area (Å²) in [5.74, 6) is 0. The normalized spacial score (nSPS) is 14.1. The van der Waals surface area contributed by atoms with Crippen LogP contribution in [0.4, 0.5) is 5.69 Å². The minimum atomic E-state index is -0.252. The zero-order valence-corrected chi connectivity index (χ0v) is 19.4. The average molecular weight is 416 g/mol. The molecule has 2 aliphatic rings. The zero-order valence-electron chi connectivity index (χ0n) is 19.4. The van der Waals surface area contributed by atoms with Crippen LogP contribution in [0.15, 0.2) is 78.9 Å². The summed E-state index contributed by atoms with van der Waals surface area (Å²) in [5, 5.41) is 0. The fraction of sp³-hybridized carbons (Fsp3) is 0.226. The minimum Gasteiger partial charge on any atom is -0.372 e. The molecule has 158 valence electrons. The summed E-state index contributed by atoms with van der Waals surface area (Å²) in [6.45, 7) is 11.0. The molecule has 0 atom stereocenters. The molecule has 0 bridgehead atoms. The first-order valence-corrected chi connectivity index (χ1v) is 11.8. The molecule has 0 aromatic heterocycles. The first kappa shape index (κ1) is 19.4. The summed E-state index contributed by atoms with van der Waals surface area (Å²) in [5.41, 5.74) is 15.0. The third-order valence-electron chi connectivity index (χ3n) is 7.60. The lowest BCUT2D eigenvalue weighted by molar-refractivity contribution is 0.790. The molecule has 0 saturated heterocycles. The van der Waals surface area contributed by atoms with Crippen LogP contribution in [0.2, 0.25) is 0 Å². The van der Waals surface area contributed by atoms with E-state index >= 15 is 0 Å². The summed E-state index contributed by atoms with van der Waals surface area (Å²) in [6, 6.07) is 30.1. The van der Waals surface area contributed by atoms with Crippen LogP contribution < -0.4 is 4.90 Å². The fourth-order valence-electron chi connectivity index (χ4n) is 6.27. The number of benzene rings is 4. The largest absolute Gasteiger partial charge is 0.372 e. The molecule has 1 spiro atoms. The number of hydrogen-bond acceptors (Lipinski definition) is 1. The molecule has 0 saturated carbocycles. The van der Waals surface area contributed by atoms with Crippen LogP contribution in [0, 0.1) is 13.8 Å². The van der Waals surface area contributed by atoms with Crippen molar-refractivity contribution in [2.75, 3.05) is 18.0 Å². The molecule has 0 radical (unpaired) electrons. The van der Waals surface area contributed by atoms with Crippen molar-refractivity contribution < 1.29 is 0 Å². The number of hydrogen-bond donors (Lipinski definition) is 0. The Labute approximate surface area is 191 Å². The second-order valence-corrected chi connectivity index (χ2v) is 9.27. The van der Waals surface area contributed by atoms with Crippen molar-refractivity contribution >= 4 is 5.69 Å². The van der Waals surface area contributed by atoms with Gasteiger partial charge < -0.3 is 4.90 Å². The van der Waals surface area contributed by atoms with Crippen molar-refractivity contribution in [3.05, 3.63) is 112 Å². The lowest BCUT2D eigenvalue weighted by Gasteiger charge is -2.31. The Morgan fingerprint density at radius 1 is 0.594 bits per heavy atom. The highest BCUT2D eigenvalue weighted by Crippen LogP contribution is 2.64. The highest BCUT2D eigenvalue weighted by atomic mass is 15.1. The Hall–Kier alpha value is -3.32. The van der Waals surface area contributed by atoms with E-state index in [2.05, 4.69) is 111 Å². The van der Waals surface area contributed by atoms with Gasteiger partial charge in [0.05, 0.1) is 5.41 Å². The van der Waals surface area contributed by atoms with Crippen LogP contribution in [0.3, 0.4) is 0 Å². The molecule has 1 heteroatoms. The summed E-state index contributed by atoms with van der Waals surface area (Å²) in [4.78, 5) is 2.50. The van der Waals surface area contributed by atoms with Gasteiger partial charge in [-0.2, -0.15) is 0 Å². The van der Waals surface area contributed by atoms with Gasteiger partial charge in [-0.3, -0.25) is 0 Å². The molecule has 0 N–H and O–H groups in total.